The molecule has 2 unspecified atom stereocenters. The van der Waals surface area contributed by atoms with Crippen LogP contribution in [0.15, 0.2) is 0 Å². The highest BCUT2D eigenvalue weighted by Gasteiger charge is 2.37. The Labute approximate surface area is 94.6 Å². The van der Waals surface area contributed by atoms with Crippen LogP contribution in [0, 0.1) is 11.8 Å². The van der Waals surface area contributed by atoms with Gasteiger partial charge in [0.05, 0.1) is 0 Å². The van der Waals surface area contributed by atoms with Crippen LogP contribution in [-0.4, -0.2) is 36.1 Å². The molecule has 0 aromatic carbocycles. The predicted octanol–water partition coefficient (Wildman–Crippen LogP) is -0.0346. The average molecular weight is 226 g/mol. The molecule has 2 fully saturated rings. The molecule has 5 heteroatoms. The Bertz CT molecular complexity index is 283. The first-order valence-corrected chi connectivity index (χ1v) is 5.89. The molecular formula is C11H18N2O3. The van der Waals surface area contributed by atoms with Gasteiger partial charge in [0.1, 0.15) is 6.04 Å². The van der Waals surface area contributed by atoms with Gasteiger partial charge >= 0.3 is 5.97 Å². The molecule has 5 nitrogen and oxygen atoms in total. The highest BCUT2D eigenvalue weighted by molar-refractivity contribution is 5.84. The van der Waals surface area contributed by atoms with Crippen LogP contribution in [0.3, 0.4) is 0 Å². The van der Waals surface area contributed by atoms with Crippen molar-refractivity contribution in [1.29, 1.82) is 0 Å². The van der Waals surface area contributed by atoms with Gasteiger partial charge in [-0.25, -0.2) is 4.79 Å². The molecule has 2 atom stereocenters. The van der Waals surface area contributed by atoms with Crippen molar-refractivity contribution >= 4 is 11.9 Å². The van der Waals surface area contributed by atoms with Crippen LogP contribution in [0.2, 0.25) is 0 Å². The quantitative estimate of drug-likeness (QED) is 0.615. The third kappa shape index (κ3) is 2.95. The second-order valence-electron chi connectivity index (χ2n) is 4.78. The van der Waals surface area contributed by atoms with Gasteiger partial charge in [-0.15, -0.1) is 0 Å². The molecule has 90 valence electrons. The van der Waals surface area contributed by atoms with Crippen LogP contribution >= 0.6 is 0 Å². The first-order valence-electron chi connectivity index (χ1n) is 5.89. The number of rotatable bonds is 5. The monoisotopic (exact) mass is 226 g/mol. The van der Waals surface area contributed by atoms with Crippen molar-refractivity contribution in [2.75, 3.05) is 13.1 Å². The summed E-state index contributed by atoms with van der Waals surface area (Å²) in [5.41, 5.74) is 0. The number of aliphatic carboxylic acids is 1. The number of carbonyl (C=O) groups is 2. The minimum Gasteiger partial charge on any atom is -0.480 e. The topological polar surface area (TPSA) is 78.4 Å². The number of carboxylic acid groups (broad SMARTS) is 1. The van der Waals surface area contributed by atoms with Crippen molar-refractivity contribution in [2.24, 2.45) is 11.8 Å². The Morgan fingerprint density at radius 2 is 2.12 bits per heavy atom. The lowest BCUT2D eigenvalue weighted by molar-refractivity contribution is -0.142. The van der Waals surface area contributed by atoms with Gasteiger partial charge in [-0.05, 0) is 44.2 Å². The summed E-state index contributed by atoms with van der Waals surface area (Å²) in [7, 11) is 0. The maximum atomic E-state index is 11.6. The Hall–Kier alpha value is -1.10. The maximum absolute atomic E-state index is 11.6. The second kappa shape index (κ2) is 4.82. The number of nitrogens with one attached hydrogen (secondary N) is 2. The van der Waals surface area contributed by atoms with Gasteiger partial charge in [-0.2, -0.15) is 0 Å². The summed E-state index contributed by atoms with van der Waals surface area (Å²) < 4.78 is 0. The fraction of sp³-hybridized carbons (Fsp3) is 0.818. The fourth-order valence-electron chi connectivity index (χ4n) is 2.19. The molecule has 0 radical (unpaired) electrons. The molecule has 1 aliphatic heterocycles. The molecular weight excluding hydrogens is 208 g/mol. The molecule has 0 aromatic heterocycles. The van der Waals surface area contributed by atoms with Gasteiger partial charge in [0.25, 0.3) is 0 Å². The molecule has 0 spiro atoms. The molecule has 1 heterocycles. The average Bonchev–Trinajstić information content (AvgIpc) is 2.94. The SMILES string of the molecule is O=C(CC1CCNC1)NC(C(=O)O)C1CC1. The molecule has 16 heavy (non-hydrogen) atoms. The molecule has 0 aromatic rings. The van der Waals surface area contributed by atoms with E-state index >= 15 is 0 Å². The molecule has 2 rings (SSSR count). The lowest BCUT2D eigenvalue weighted by Gasteiger charge is -2.15. The van der Waals surface area contributed by atoms with Crippen LogP contribution in [0.25, 0.3) is 0 Å². The highest BCUT2D eigenvalue weighted by Crippen LogP contribution is 2.32. The number of carboxylic acids is 1. The number of hydrogen-bond donors (Lipinski definition) is 3. The third-order valence-electron chi connectivity index (χ3n) is 3.31. The van der Waals surface area contributed by atoms with E-state index in [1.807, 2.05) is 0 Å². The van der Waals surface area contributed by atoms with Crippen LogP contribution in [0.4, 0.5) is 0 Å². The zero-order valence-corrected chi connectivity index (χ0v) is 9.24. The summed E-state index contributed by atoms with van der Waals surface area (Å²) >= 11 is 0. The summed E-state index contributed by atoms with van der Waals surface area (Å²) in [6.45, 7) is 1.83. The molecule has 3 N–H and O–H groups in total. The standard InChI is InChI=1S/C11H18N2O3/c14-9(5-7-3-4-12-6-7)13-10(11(15)16)8-1-2-8/h7-8,10,12H,1-6H2,(H,13,14)(H,15,16). The van der Waals surface area contributed by atoms with E-state index in [0.717, 1.165) is 32.4 Å². The molecule has 2 aliphatic rings. The Balaban J connectivity index is 1.77. The van der Waals surface area contributed by atoms with Crippen LogP contribution in [0.1, 0.15) is 25.7 Å². The van der Waals surface area contributed by atoms with Gasteiger partial charge < -0.3 is 15.7 Å². The molecule has 1 amide bonds. The highest BCUT2D eigenvalue weighted by atomic mass is 16.4. The van der Waals surface area contributed by atoms with E-state index in [4.69, 9.17) is 5.11 Å². The smallest absolute Gasteiger partial charge is 0.326 e. The van der Waals surface area contributed by atoms with Gasteiger partial charge in [0.15, 0.2) is 0 Å². The van der Waals surface area contributed by atoms with E-state index in [9.17, 15) is 9.59 Å². The minimum atomic E-state index is -0.902. The normalized spacial score (nSPS) is 26.4. The van der Waals surface area contributed by atoms with Gasteiger partial charge in [0.2, 0.25) is 5.91 Å². The molecule has 0 bridgehead atoms. The second-order valence-corrected chi connectivity index (χ2v) is 4.78. The maximum Gasteiger partial charge on any atom is 0.326 e. The summed E-state index contributed by atoms with van der Waals surface area (Å²) in [5.74, 6) is -0.495. The number of amides is 1. The largest absolute Gasteiger partial charge is 0.480 e. The summed E-state index contributed by atoms with van der Waals surface area (Å²) in [6.07, 6.45) is 3.29. The van der Waals surface area contributed by atoms with E-state index in [0.29, 0.717) is 12.3 Å². The third-order valence-corrected chi connectivity index (χ3v) is 3.31. The van der Waals surface area contributed by atoms with Gasteiger partial charge in [0, 0.05) is 6.42 Å². The van der Waals surface area contributed by atoms with E-state index in [-0.39, 0.29) is 11.8 Å². The summed E-state index contributed by atoms with van der Waals surface area (Å²) in [4.78, 5) is 22.6. The minimum absolute atomic E-state index is 0.118. The van der Waals surface area contributed by atoms with E-state index in [1.54, 1.807) is 0 Å². The van der Waals surface area contributed by atoms with Gasteiger partial charge in [-0.3, -0.25) is 4.79 Å². The van der Waals surface area contributed by atoms with Crippen LogP contribution < -0.4 is 10.6 Å². The van der Waals surface area contributed by atoms with Crippen LogP contribution in [0.5, 0.6) is 0 Å². The first-order chi connectivity index (χ1) is 7.66. The zero-order valence-electron chi connectivity index (χ0n) is 9.24. The fourth-order valence-corrected chi connectivity index (χ4v) is 2.19. The molecule has 1 aliphatic carbocycles. The first kappa shape index (κ1) is 11.4. The molecule has 1 saturated heterocycles. The van der Waals surface area contributed by atoms with Crippen molar-refractivity contribution < 1.29 is 14.7 Å². The van der Waals surface area contributed by atoms with Crippen molar-refractivity contribution in [3.05, 3.63) is 0 Å². The predicted molar refractivity (Wildman–Crippen MR) is 57.9 cm³/mol. The Morgan fingerprint density at radius 3 is 2.62 bits per heavy atom. The van der Waals surface area contributed by atoms with Crippen molar-refractivity contribution in [3.63, 3.8) is 0 Å². The van der Waals surface area contributed by atoms with Gasteiger partial charge in [-0.1, -0.05) is 0 Å². The van der Waals surface area contributed by atoms with Crippen molar-refractivity contribution in [2.45, 2.75) is 31.7 Å². The van der Waals surface area contributed by atoms with E-state index in [1.165, 1.54) is 0 Å². The zero-order chi connectivity index (χ0) is 11.5. The molecule has 1 saturated carbocycles. The van der Waals surface area contributed by atoms with E-state index < -0.39 is 12.0 Å². The summed E-state index contributed by atoms with van der Waals surface area (Å²) in [5, 5.41) is 14.8. The van der Waals surface area contributed by atoms with E-state index in [2.05, 4.69) is 10.6 Å². The Morgan fingerprint density at radius 1 is 1.38 bits per heavy atom. The number of carbonyl (C=O) groups excluding carboxylic acids is 1. The number of hydrogen-bond acceptors (Lipinski definition) is 3. The Kier molecular flexibility index (Phi) is 3.43. The van der Waals surface area contributed by atoms with Crippen molar-refractivity contribution in [1.82, 2.24) is 10.6 Å². The lowest BCUT2D eigenvalue weighted by atomic mass is 10.0. The lowest BCUT2D eigenvalue weighted by Crippen LogP contribution is -2.43. The van der Waals surface area contributed by atoms with Crippen molar-refractivity contribution in [3.8, 4) is 0 Å². The van der Waals surface area contributed by atoms with Crippen LogP contribution in [-0.2, 0) is 9.59 Å². The summed E-state index contributed by atoms with van der Waals surface area (Å²) in [6, 6.07) is -0.665.